The second kappa shape index (κ2) is 5.29. The third-order valence-corrected chi connectivity index (χ3v) is 3.65. The third-order valence-electron chi connectivity index (χ3n) is 3.65. The van der Waals surface area contributed by atoms with E-state index < -0.39 is 0 Å². The molecule has 2 N–H and O–H groups in total. The van der Waals surface area contributed by atoms with Crippen LogP contribution in [0.25, 0.3) is 0 Å². The first-order valence-corrected chi connectivity index (χ1v) is 6.67. The van der Waals surface area contributed by atoms with Crippen LogP contribution in [-0.2, 0) is 6.54 Å². The van der Waals surface area contributed by atoms with Crippen LogP contribution in [0.5, 0.6) is 5.75 Å². The van der Waals surface area contributed by atoms with Crippen LogP contribution in [0.2, 0.25) is 0 Å². The van der Waals surface area contributed by atoms with Gasteiger partial charge in [-0.2, -0.15) is 0 Å². The fraction of sp³-hybridized carbons (Fsp3) is 0.600. The lowest BCUT2D eigenvalue weighted by molar-refractivity contribution is 0.0911. The first-order valence-electron chi connectivity index (χ1n) is 6.67. The smallest absolute Gasteiger partial charge is 0.123 e. The Balaban J connectivity index is 2.21. The summed E-state index contributed by atoms with van der Waals surface area (Å²) in [5, 5.41) is 0. The minimum absolute atomic E-state index is 0.189. The zero-order valence-corrected chi connectivity index (χ0v) is 11.6. The van der Waals surface area contributed by atoms with Crippen molar-refractivity contribution in [2.75, 3.05) is 19.7 Å². The number of ether oxygens (including phenoxy) is 1. The van der Waals surface area contributed by atoms with E-state index in [1.54, 1.807) is 0 Å². The molecule has 0 aliphatic carbocycles. The standard InChI is InChI=1S/C15H24N2O/c1-15(2,3)14(10-16)17-8-9-18-13-7-5-4-6-12(13)11-17/h4-7,14H,8-11,16H2,1-3H3. The highest BCUT2D eigenvalue weighted by atomic mass is 16.5. The summed E-state index contributed by atoms with van der Waals surface area (Å²) in [6.07, 6.45) is 0. The van der Waals surface area contributed by atoms with Crippen molar-refractivity contribution in [2.45, 2.75) is 33.4 Å². The Labute approximate surface area is 110 Å². The predicted molar refractivity (Wildman–Crippen MR) is 74.6 cm³/mol. The molecular weight excluding hydrogens is 224 g/mol. The summed E-state index contributed by atoms with van der Waals surface area (Å²) in [4.78, 5) is 2.45. The summed E-state index contributed by atoms with van der Waals surface area (Å²) >= 11 is 0. The average molecular weight is 248 g/mol. The number of hydrogen-bond acceptors (Lipinski definition) is 3. The molecule has 18 heavy (non-hydrogen) atoms. The number of rotatable bonds is 2. The van der Waals surface area contributed by atoms with E-state index in [0.717, 1.165) is 25.4 Å². The van der Waals surface area contributed by atoms with Crippen LogP contribution in [0.3, 0.4) is 0 Å². The van der Waals surface area contributed by atoms with Gasteiger partial charge >= 0.3 is 0 Å². The zero-order valence-electron chi connectivity index (χ0n) is 11.6. The van der Waals surface area contributed by atoms with Crippen LogP contribution in [0.1, 0.15) is 26.3 Å². The molecule has 0 spiro atoms. The zero-order chi connectivity index (χ0) is 13.2. The Morgan fingerprint density at radius 1 is 1.33 bits per heavy atom. The molecule has 3 heteroatoms. The number of hydrogen-bond donors (Lipinski definition) is 1. The van der Waals surface area contributed by atoms with Gasteiger partial charge in [-0.05, 0) is 11.5 Å². The van der Waals surface area contributed by atoms with Crippen molar-refractivity contribution < 1.29 is 4.74 Å². The number of fused-ring (bicyclic) bond motifs is 1. The van der Waals surface area contributed by atoms with Gasteiger partial charge in [-0.1, -0.05) is 39.0 Å². The number of benzene rings is 1. The maximum Gasteiger partial charge on any atom is 0.123 e. The van der Waals surface area contributed by atoms with E-state index in [-0.39, 0.29) is 5.41 Å². The molecule has 0 bridgehead atoms. The molecule has 0 aromatic heterocycles. The molecule has 1 aliphatic heterocycles. The van der Waals surface area contributed by atoms with Crippen LogP contribution < -0.4 is 10.5 Å². The normalized spacial score (nSPS) is 18.7. The second-order valence-electron chi connectivity index (χ2n) is 6.04. The van der Waals surface area contributed by atoms with Crippen LogP contribution in [-0.4, -0.2) is 30.6 Å². The molecule has 0 amide bonds. The minimum atomic E-state index is 0.189. The molecule has 3 nitrogen and oxygen atoms in total. The topological polar surface area (TPSA) is 38.5 Å². The Hall–Kier alpha value is -1.06. The summed E-state index contributed by atoms with van der Waals surface area (Å²) in [7, 11) is 0. The Kier molecular flexibility index (Phi) is 3.93. The van der Waals surface area contributed by atoms with Gasteiger partial charge in [0, 0.05) is 31.2 Å². The maximum absolute atomic E-state index is 5.98. The summed E-state index contributed by atoms with van der Waals surface area (Å²) in [6.45, 7) is 10.0. The first kappa shape index (κ1) is 13.4. The van der Waals surface area contributed by atoms with Crippen molar-refractivity contribution in [3.05, 3.63) is 29.8 Å². The highest BCUT2D eigenvalue weighted by molar-refractivity contribution is 5.33. The van der Waals surface area contributed by atoms with Crippen molar-refractivity contribution in [2.24, 2.45) is 11.1 Å². The molecule has 0 saturated heterocycles. The summed E-state index contributed by atoms with van der Waals surface area (Å²) in [5.41, 5.74) is 7.43. The SMILES string of the molecule is CC(C)(C)C(CN)N1CCOc2ccccc2C1. The predicted octanol–water partition coefficient (Wildman–Crippen LogP) is 2.25. The molecule has 1 heterocycles. The van der Waals surface area contributed by atoms with E-state index in [1.807, 2.05) is 12.1 Å². The molecule has 1 unspecified atom stereocenters. The molecule has 100 valence electrons. The summed E-state index contributed by atoms with van der Waals surface area (Å²) < 4.78 is 5.80. The quantitative estimate of drug-likeness (QED) is 0.872. The fourth-order valence-corrected chi connectivity index (χ4v) is 2.66. The molecule has 1 aromatic rings. The second-order valence-corrected chi connectivity index (χ2v) is 6.04. The van der Waals surface area contributed by atoms with Crippen molar-refractivity contribution in [1.82, 2.24) is 4.90 Å². The van der Waals surface area contributed by atoms with Crippen molar-refractivity contribution in [3.8, 4) is 5.75 Å². The Morgan fingerprint density at radius 3 is 2.72 bits per heavy atom. The van der Waals surface area contributed by atoms with Gasteiger partial charge < -0.3 is 10.5 Å². The monoisotopic (exact) mass is 248 g/mol. The van der Waals surface area contributed by atoms with Gasteiger partial charge in [0.2, 0.25) is 0 Å². The van der Waals surface area contributed by atoms with E-state index >= 15 is 0 Å². The Bertz CT molecular complexity index is 398. The lowest BCUT2D eigenvalue weighted by Crippen LogP contribution is -2.49. The lowest BCUT2D eigenvalue weighted by Gasteiger charge is -2.38. The van der Waals surface area contributed by atoms with E-state index in [1.165, 1.54) is 5.56 Å². The summed E-state index contributed by atoms with van der Waals surface area (Å²) in [6, 6.07) is 8.67. The van der Waals surface area contributed by atoms with Crippen LogP contribution in [0, 0.1) is 5.41 Å². The van der Waals surface area contributed by atoms with E-state index in [9.17, 15) is 0 Å². The molecule has 0 fully saturated rings. The van der Waals surface area contributed by atoms with Crippen LogP contribution in [0.4, 0.5) is 0 Å². The van der Waals surface area contributed by atoms with Gasteiger partial charge in [0.15, 0.2) is 0 Å². The fourth-order valence-electron chi connectivity index (χ4n) is 2.66. The molecular formula is C15H24N2O. The minimum Gasteiger partial charge on any atom is -0.492 e. The van der Waals surface area contributed by atoms with Gasteiger partial charge in [0.05, 0.1) is 0 Å². The molecule has 1 aromatic carbocycles. The third kappa shape index (κ3) is 2.85. The maximum atomic E-state index is 5.98. The van der Waals surface area contributed by atoms with Gasteiger partial charge in [0.25, 0.3) is 0 Å². The average Bonchev–Trinajstić information content (AvgIpc) is 2.50. The van der Waals surface area contributed by atoms with E-state index in [0.29, 0.717) is 12.6 Å². The van der Waals surface area contributed by atoms with Crippen molar-refractivity contribution >= 4 is 0 Å². The molecule has 1 atom stereocenters. The molecule has 2 rings (SSSR count). The number of nitrogens with two attached hydrogens (primary N) is 1. The van der Waals surface area contributed by atoms with Crippen LogP contribution in [0.15, 0.2) is 24.3 Å². The lowest BCUT2D eigenvalue weighted by atomic mass is 9.85. The first-order chi connectivity index (χ1) is 8.52. The molecule has 0 radical (unpaired) electrons. The van der Waals surface area contributed by atoms with Gasteiger partial charge in [-0.25, -0.2) is 0 Å². The number of para-hydroxylation sites is 1. The van der Waals surface area contributed by atoms with Gasteiger partial charge in [0.1, 0.15) is 12.4 Å². The van der Waals surface area contributed by atoms with E-state index in [2.05, 4.69) is 37.8 Å². The van der Waals surface area contributed by atoms with Crippen LogP contribution >= 0.6 is 0 Å². The van der Waals surface area contributed by atoms with Crippen molar-refractivity contribution in [1.29, 1.82) is 0 Å². The number of nitrogens with zero attached hydrogens (tertiary/aromatic N) is 1. The largest absolute Gasteiger partial charge is 0.492 e. The highest BCUT2D eigenvalue weighted by Crippen LogP contribution is 2.29. The Morgan fingerprint density at radius 2 is 2.06 bits per heavy atom. The van der Waals surface area contributed by atoms with Crippen molar-refractivity contribution in [3.63, 3.8) is 0 Å². The van der Waals surface area contributed by atoms with Gasteiger partial charge in [-0.15, -0.1) is 0 Å². The van der Waals surface area contributed by atoms with E-state index in [4.69, 9.17) is 10.5 Å². The summed E-state index contributed by atoms with van der Waals surface area (Å²) in [5.74, 6) is 1.02. The molecule has 1 aliphatic rings. The van der Waals surface area contributed by atoms with Gasteiger partial charge in [-0.3, -0.25) is 4.90 Å². The highest BCUT2D eigenvalue weighted by Gasteiger charge is 2.30. The molecule has 0 saturated carbocycles.